The number of fused-ring (bicyclic) bond motifs is 1. The Morgan fingerprint density at radius 2 is 2.31 bits per heavy atom. The van der Waals surface area contributed by atoms with Gasteiger partial charge in [0, 0.05) is 13.2 Å². The summed E-state index contributed by atoms with van der Waals surface area (Å²) < 4.78 is 8.27. The SMILES string of the molecule is CC(C)[C@@H]1CC[C@@]2(c3cccn3C)O[C@H]2C1. The van der Waals surface area contributed by atoms with E-state index < -0.39 is 0 Å². The Bertz CT molecular complexity index is 395. The molecule has 2 heteroatoms. The molecule has 88 valence electrons. The van der Waals surface area contributed by atoms with Gasteiger partial charge in [0.25, 0.3) is 0 Å². The number of aromatic nitrogens is 1. The molecule has 0 bridgehead atoms. The third kappa shape index (κ3) is 1.36. The first-order valence-corrected chi connectivity index (χ1v) is 6.43. The quantitative estimate of drug-likeness (QED) is 0.699. The minimum Gasteiger partial charge on any atom is -0.359 e. The van der Waals surface area contributed by atoms with Crippen molar-refractivity contribution in [3.05, 3.63) is 24.0 Å². The van der Waals surface area contributed by atoms with E-state index in [0.717, 1.165) is 11.8 Å². The Kier molecular flexibility index (Phi) is 2.19. The van der Waals surface area contributed by atoms with Gasteiger partial charge in [-0.25, -0.2) is 0 Å². The van der Waals surface area contributed by atoms with E-state index in [1.165, 1.54) is 25.0 Å². The number of hydrogen-bond acceptors (Lipinski definition) is 1. The van der Waals surface area contributed by atoms with Crippen LogP contribution in [0.1, 0.15) is 38.8 Å². The van der Waals surface area contributed by atoms with Gasteiger partial charge < -0.3 is 9.30 Å². The summed E-state index contributed by atoms with van der Waals surface area (Å²) in [7, 11) is 2.12. The molecule has 0 radical (unpaired) electrons. The molecule has 1 aliphatic heterocycles. The summed E-state index contributed by atoms with van der Waals surface area (Å²) in [4.78, 5) is 0. The first kappa shape index (κ1) is 10.4. The third-order valence-corrected chi connectivity index (χ3v) is 4.54. The maximum Gasteiger partial charge on any atom is 0.134 e. The molecule has 1 saturated carbocycles. The Hall–Kier alpha value is -0.760. The van der Waals surface area contributed by atoms with Crippen LogP contribution < -0.4 is 0 Å². The highest BCUT2D eigenvalue weighted by molar-refractivity contribution is 5.25. The fraction of sp³-hybridized carbons (Fsp3) is 0.714. The lowest BCUT2D eigenvalue weighted by molar-refractivity contribution is 0.256. The molecule has 0 amide bonds. The highest BCUT2D eigenvalue weighted by Gasteiger charge is 2.61. The van der Waals surface area contributed by atoms with E-state index in [1.807, 2.05) is 0 Å². The minimum atomic E-state index is 0.0869. The zero-order chi connectivity index (χ0) is 11.3. The average Bonchev–Trinajstić information content (AvgIpc) is 2.83. The van der Waals surface area contributed by atoms with Crippen molar-refractivity contribution in [3.63, 3.8) is 0 Å². The highest BCUT2D eigenvalue weighted by atomic mass is 16.6. The lowest BCUT2D eigenvalue weighted by atomic mass is 9.76. The van der Waals surface area contributed by atoms with Gasteiger partial charge in [0.1, 0.15) is 5.60 Å². The smallest absolute Gasteiger partial charge is 0.134 e. The normalized spacial score (nSPS) is 37.5. The second-order valence-electron chi connectivity index (χ2n) is 5.78. The van der Waals surface area contributed by atoms with E-state index in [4.69, 9.17) is 4.74 Å². The van der Waals surface area contributed by atoms with Gasteiger partial charge in [-0.1, -0.05) is 13.8 Å². The van der Waals surface area contributed by atoms with Gasteiger partial charge >= 0.3 is 0 Å². The first-order chi connectivity index (χ1) is 7.63. The summed E-state index contributed by atoms with van der Waals surface area (Å²) in [6.45, 7) is 4.67. The van der Waals surface area contributed by atoms with Crippen LogP contribution in [0.2, 0.25) is 0 Å². The van der Waals surface area contributed by atoms with Gasteiger partial charge in [-0.05, 0) is 43.2 Å². The highest BCUT2D eigenvalue weighted by Crippen LogP contribution is 2.57. The van der Waals surface area contributed by atoms with Crippen molar-refractivity contribution in [1.82, 2.24) is 4.57 Å². The van der Waals surface area contributed by atoms with Crippen LogP contribution in [0.5, 0.6) is 0 Å². The molecule has 0 unspecified atom stereocenters. The van der Waals surface area contributed by atoms with Crippen molar-refractivity contribution in [2.45, 2.75) is 44.8 Å². The van der Waals surface area contributed by atoms with Crippen LogP contribution in [0.25, 0.3) is 0 Å². The van der Waals surface area contributed by atoms with E-state index in [0.29, 0.717) is 6.10 Å². The zero-order valence-corrected chi connectivity index (χ0v) is 10.4. The van der Waals surface area contributed by atoms with Gasteiger partial charge in [-0.3, -0.25) is 0 Å². The summed E-state index contributed by atoms with van der Waals surface area (Å²) in [6, 6.07) is 4.34. The van der Waals surface area contributed by atoms with Crippen LogP contribution >= 0.6 is 0 Å². The molecular formula is C14H21NO. The van der Waals surface area contributed by atoms with Crippen molar-refractivity contribution in [1.29, 1.82) is 0 Å². The molecule has 2 fully saturated rings. The fourth-order valence-corrected chi connectivity index (χ4v) is 3.33. The molecule has 1 aliphatic carbocycles. The standard InChI is InChI=1S/C14H21NO/c1-10(2)11-6-7-14(13(9-11)16-14)12-5-4-8-15(12)3/h4-5,8,10-11,13H,6-7,9H2,1-3H3/t11-,13+,14+/m1/s1. The number of nitrogens with zero attached hydrogens (tertiary/aromatic N) is 1. The number of epoxide rings is 1. The van der Waals surface area contributed by atoms with Gasteiger partial charge in [0.2, 0.25) is 0 Å². The van der Waals surface area contributed by atoms with Crippen LogP contribution in [0, 0.1) is 11.8 Å². The number of rotatable bonds is 2. The molecular weight excluding hydrogens is 198 g/mol. The van der Waals surface area contributed by atoms with E-state index in [-0.39, 0.29) is 5.60 Å². The lowest BCUT2D eigenvalue weighted by Gasteiger charge is -2.27. The summed E-state index contributed by atoms with van der Waals surface area (Å²) in [6.07, 6.45) is 6.39. The Morgan fingerprint density at radius 1 is 1.50 bits per heavy atom. The Balaban J connectivity index is 1.79. The molecule has 2 aliphatic rings. The first-order valence-electron chi connectivity index (χ1n) is 6.43. The van der Waals surface area contributed by atoms with Gasteiger partial charge in [-0.2, -0.15) is 0 Å². The van der Waals surface area contributed by atoms with Crippen molar-refractivity contribution >= 4 is 0 Å². The largest absolute Gasteiger partial charge is 0.359 e. The second kappa shape index (κ2) is 3.36. The monoisotopic (exact) mass is 219 g/mol. The fourth-order valence-electron chi connectivity index (χ4n) is 3.33. The molecule has 1 aromatic heterocycles. The molecule has 2 nitrogen and oxygen atoms in total. The predicted octanol–water partition coefficient (Wildman–Crippen LogP) is 3.08. The van der Waals surface area contributed by atoms with E-state index in [1.54, 1.807) is 0 Å². The number of ether oxygens (including phenoxy) is 1. The van der Waals surface area contributed by atoms with Gasteiger partial charge in [0.15, 0.2) is 0 Å². The molecule has 3 atom stereocenters. The van der Waals surface area contributed by atoms with Crippen molar-refractivity contribution in [3.8, 4) is 0 Å². The Labute approximate surface area is 97.6 Å². The summed E-state index contributed by atoms with van der Waals surface area (Å²) in [5, 5.41) is 0. The van der Waals surface area contributed by atoms with E-state index in [9.17, 15) is 0 Å². The topological polar surface area (TPSA) is 17.5 Å². The minimum absolute atomic E-state index is 0.0869. The number of hydrogen-bond donors (Lipinski definition) is 0. The second-order valence-corrected chi connectivity index (χ2v) is 5.78. The molecule has 0 N–H and O–H groups in total. The third-order valence-electron chi connectivity index (χ3n) is 4.54. The van der Waals surface area contributed by atoms with Crippen molar-refractivity contribution < 1.29 is 4.74 Å². The maximum absolute atomic E-state index is 6.05. The maximum atomic E-state index is 6.05. The summed E-state index contributed by atoms with van der Waals surface area (Å²) in [5.41, 5.74) is 1.46. The molecule has 16 heavy (non-hydrogen) atoms. The van der Waals surface area contributed by atoms with Crippen LogP contribution in [0.4, 0.5) is 0 Å². The van der Waals surface area contributed by atoms with Crippen molar-refractivity contribution in [2.75, 3.05) is 0 Å². The van der Waals surface area contributed by atoms with Gasteiger partial charge in [-0.15, -0.1) is 0 Å². The number of aryl methyl sites for hydroxylation is 1. The molecule has 1 aromatic rings. The summed E-state index contributed by atoms with van der Waals surface area (Å²) >= 11 is 0. The molecule has 0 spiro atoms. The average molecular weight is 219 g/mol. The van der Waals surface area contributed by atoms with Gasteiger partial charge in [0.05, 0.1) is 11.8 Å². The van der Waals surface area contributed by atoms with Crippen LogP contribution in [-0.4, -0.2) is 10.7 Å². The molecule has 0 aromatic carbocycles. The molecule has 3 rings (SSSR count). The van der Waals surface area contributed by atoms with Crippen LogP contribution in [0.3, 0.4) is 0 Å². The predicted molar refractivity (Wildman–Crippen MR) is 64.1 cm³/mol. The summed E-state index contributed by atoms with van der Waals surface area (Å²) in [5.74, 6) is 1.66. The van der Waals surface area contributed by atoms with E-state index in [2.05, 4.69) is 43.8 Å². The Morgan fingerprint density at radius 3 is 2.88 bits per heavy atom. The van der Waals surface area contributed by atoms with Crippen molar-refractivity contribution in [2.24, 2.45) is 18.9 Å². The molecule has 1 saturated heterocycles. The van der Waals surface area contributed by atoms with Crippen LogP contribution in [0.15, 0.2) is 18.3 Å². The van der Waals surface area contributed by atoms with Crippen LogP contribution in [-0.2, 0) is 17.4 Å². The molecule has 2 heterocycles. The lowest BCUT2D eigenvalue weighted by Crippen LogP contribution is -2.26. The zero-order valence-electron chi connectivity index (χ0n) is 10.4. The van der Waals surface area contributed by atoms with E-state index >= 15 is 0 Å².